The van der Waals surface area contributed by atoms with Gasteiger partial charge in [-0.1, -0.05) is 0 Å². The fourth-order valence-electron chi connectivity index (χ4n) is 4.25. The average Bonchev–Trinajstić information content (AvgIpc) is 3.34. The molecule has 1 aliphatic carbocycles. The highest BCUT2D eigenvalue weighted by Crippen LogP contribution is 2.33. The zero-order chi connectivity index (χ0) is 18.4. The van der Waals surface area contributed by atoms with Gasteiger partial charge in [0.05, 0.1) is 0 Å². The molecular weight excluding hydrogens is 340 g/mol. The van der Waals surface area contributed by atoms with Crippen LogP contribution in [0.5, 0.6) is 0 Å². The van der Waals surface area contributed by atoms with Crippen LogP contribution in [-0.2, 0) is 12.8 Å². The van der Waals surface area contributed by atoms with Crippen LogP contribution in [0.3, 0.4) is 0 Å². The van der Waals surface area contributed by atoms with Crippen LogP contribution in [-0.4, -0.2) is 57.0 Å². The van der Waals surface area contributed by atoms with Crippen molar-refractivity contribution in [2.75, 3.05) is 37.0 Å². The first kappa shape index (κ1) is 16.4. The van der Waals surface area contributed by atoms with Gasteiger partial charge in [0.25, 0.3) is 0 Å². The van der Waals surface area contributed by atoms with Gasteiger partial charge in [-0.15, -0.1) is 15.3 Å². The summed E-state index contributed by atoms with van der Waals surface area (Å²) in [6.07, 6.45) is 7.19. The minimum Gasteiger partial charge on any atom is -0.361 e. The minimum atomic E-state index is 0.371. The van der Waals surface area contributed by atoms with Gasteiger partial charge in [0.2, 0.25) is 0 Å². The van der Waals surface area contributed by atoms with E-state index in [1.807, 2.05) is 35.6 Å². The zero-order valence-corrected chi connectivity index (χ0v) is 15.8. The molecule has 0 bridgehead atoms. The Labute approximate surface area is 158 Å². The number of hydrogen-bond acceptors (Lipinski definition) is 7. The van der Waals surface area contributed by atoms with Crippen molar-refractivity contribution in [2.45, 2.75) is 38.0 Å². The second-order valence-corrected chi connectivity index (χ2v) is 7.65. The van der Waals surface area contributed by atoms with Gasteiger partial charge in [0, 0.05) is 44.4 Å². The SMILES string of the molecule is CN(C)c1ccc2nnc(C3CCN(c4ncnc5c4CCC5)CC3)n2n1. The molecule has 2 aliphatic rings. The first-order valence-corrected chi connectivity index (χ1v) is 9.68. The van der Waals surface area contributed by atoms with Crippen molar-refractivity contribution in [1.29, 1.82) is 0 Å². The summed E-state index contributed by atoms with van der Waals surface area (Å²) in [6, 6.07) is 3.96. The van der Waals surface area contributed by atoms with Crippen molar-refractivity contribution in [1.82, 2.24) is 29.8 Å². The minimum absolute atomic E-state index is 0.371. The molecule has 3 aromatic rings. The van der Waals surface area contributed by atoms with E-state index in [9.17, 15) is 0 Å². The Morgan fingerprint density at radius 1 is 1.04 bits per heavy atom. The van der Waals surface area contributed by atoms with Gasteiger partial charge in [0.1, 0.15) is 18.0 Å². The lowest BCUT2D eigenvalue weighted by molar-refractivity contribution is 0.474. The maximum Gasteiger partial charge on any atom is 0.178 e. The Morgan fingerprint density at radius 2 is 1.89 bits per heavy atom. The van der Waals surface area contributed by atoms with E-state index in [4.69, 9.17) is 5.10 Å². The van der Waals surface area contributed by atoms with E-state index in [1.54, 1.807) is 6.33 Å². The number of aryl methyl sites for hydroxylation is 1. The largest absolute Gasteiger partial charge is 0.361 e. The molecule has 8 heteroatoms. The van der Waals surface area contributed by atoms with Gasteiger partial charge >= 0.3 is 0 Å². The second kappa shape index (κ2) is 6.44. The number of nitrogens with zero attached hydrogens (tertiary/aromatic N) is 8. The van der Waals surface area contributed by atoms with E-state index in [0.717, 1.165) is 61.9 Å². The van der Waals surface area contributed by atoms with Crippen LogP contribution in [0.4, 0.5) is 11.6 Å². The van der Waals surface area contributed by atoms with Crippen LogP contribution in [0.25, 0.3) is 5.65 Å². The summed E-state index contributed by atoms with van der Waals surface area (Å²) in [4.78, 5) is 13.5. The summed E-state index contributed by atoms with van der Waals surface area (Å²) in [5.74, 6) is 3.41. The Balaban J connectivity index is 1.37. The quantitative estimate of drug-likeness (QED) is 0.702. The third-order valence-corrected chi connectivity index (χ3v) is 5.74. The second-order valence-electron chi connectivity index (χ2n) is 7.65. The van der Waals surface area contributed by atoms with Gasteiger partial charge in [0.15, 0.2) is 11.5 Å². The Kier molecular flexibility index (Phi) is 3.91. The smallest absolute Gasteiger partial charge is 0.178 e. The average molecular weight is 364 g/mol. The molecule has 0 atom stereocenters. The van der Waals surface area contributed by atoms with E-state index in [2.05, 4.69) is 25.1 Å². The monoisotopic (exact) mass is 364 g/mol. The lowest BCUT2D eigenvalue weighted by Crippen LogP contribution is -2.35. The highest BCUT2D eigenvalue weighted by atomic mass is 15.4. The van der Waals surface area contributed by atoms with Gasteiger partial charge < -0.3 is 9.80 Å². The third kappa shape index (κ3) is 2.79. The fraction of sp³-hybridized carbons (Fsp3) is 0.526. The first-order chi connectivity index (χ1) is 13.2. The van der Waals surface area contributed by atoms with Crippen molar-refractivity contribution in [3.05, 3.63) is 35.5 Å². The van der Waals surface area contributed by atoms with Crippen LogP contribution in [0.2, 0.25) is 0 Å². The topological polar surface area (TPSA) is 75.3 Å². The Bertz CT molecular complexity index is 971. The summed E-state index contributed by atoms with van der Waals surface area (Å²) in [7, 11) is 3.99. The van der Waals surface area contributed by atoms with E-state index in [-0.39, 0.29) is 0 Å². The zero-order valence-electron chi connectivity index (χ0n) is 15.8. The summed E-state index contributed by atoms with van der Waals surface area (Å²) in [5.41, 5.74) is 3.42. The third-order valence-electron chi connectivity index (χ3n) is 5.74. The van der Waals surface area contributed by atoms with Crippen molar-refractivity contribution >= 4 is 17.3 Å². The lowest BCUT2D eigenvalue weighted by Gasteiger charge is -2.33. The van der Waals surface area contributed by atoms with Crippen LogP contribution < -0.4 is 9.80 Å². The van der Waals surface area contributed by atoms with Gasteiger partial charge in [-0.3, -0.25) is 0 Å². The molecule has 1 saturated heterocycles. The van der Waals surface area contributed by atoms with E-state index in [1.165, 1.54) is 17.7 Å². The molecule has 140 valence electrons. The van der Waals surface area contributed by atoms with Crippen LogP contribution in [0.15, 0.2) is 18.5 Å². The number of rotatable bonds is 3. The van der Waals surface area contributed by atoms with Gasteiger partial charge in [-0.25, -0.2) is 9.97 Å². The molecule has 0 saturated carbocycles. The molecule has 5 rings (SSSR count). The normalized spacial score (nSPS) is 17.5. The predicted molar refractivity (Wildman–Crippen MR) is 103 cm³/mol. The molecule has 0 unspecified atom stereocenters. The molecule has 0 spiro atoms. The van der Waals surface area contributed by atoms with Crippen molar-refractivity contribution in [2.24, 2.45) is 0 Å². The maximum absolute atomic E-state index is 4.72. The Morgan fingerprint density at radius 3 is 2.70 bits per heavy atom. The molecule has 1 aliphatic heterocycles. The van der Waals surface area contributed by atoms with Crippen molar-refractivity contribution < 1.29 is 0 Å². The Hall–Kier alpha value is -2.77. The standard InChI is InChI=1S/C19H24N8/c1-25(2)17-7-6-16-22-23-18(27(16)24-17)13-8-10-26(11-9-13)19-14-4-3-5-15(14)20-12-21-19/h6-7,12-13H,3-5,8-11H2,1-2H3. The van der Waals surface area contributed by atoms with Gasteiger partial charge in [-0.2, -0.15) is 4.52 Å². The summed E-state index contributed by atoms with van der Waals surface area (Å²) < 4.78 is 1.91. The molecule has 0 N–H and O–H groups in total. The lowest BCUT2D eigenvalue weighted by atomic mass is 9.96. The van der Waals surface area contributed by atoms with Crippen molar-refractivity contribution in [3.8, 4) is 0 Å². The number of anilines is 2. The highest BCUT2D eigenvalue weighted by molar-refractivity contribution is 5.51. The van der Waals surface area contributed by atoms with Crippen LogP contribution in [0.1, 0.15) is 42.3 Å². The number of fused-ring (bicyclic) bond motifs is 2. The maximum atomic E-state index is 4.72. The molecular formula is C19H24N8. The number of piperidine rings is 1. The molecule has 3 aromatic heterocycles. The van der Waals surface area contributed by atoms with Crippen LogP contribution >= 0.6 is 0 Å². The van der Waals surface area contributed by atoms with E-state index >= 15 is 0 Å². The van der Waals surface area contributed by atoms with Crippen LogP contribution in [0, 0.1) is 0 Å². The van der Waals surface area contributed by atoms with E-state index < -0.39 is 0 Å². The first-order valence-electron chi connectivity index (χ1n) is 9.68. The molecule has 27 heavy (non-hydrogen) atoms. The fourth-order valence-corrected chi connectivity index (χ4v) is 4.25. The molecule has 8 nitrogen and oxygen atoms in total. The highest BCUT2D eigenvalue weighted by Gasteiger charge is 2.28. The molecule has 0 amide bonds. The molecule has 1 fully saturated rings. The summed E-state index contributed by atoms with van der Waals surface area (Å²) in [6.45, 7) is 1.97. The van der Waals surface area contributed by atoms with Crippen molar-refractivity contribution in [3.63, 3.8) is 0 Å². The van der Waals surface area contributed by atoms with E-state index in [0.29, 0.717) is 5.92 Å². The number of aromatic nitrogens is 6. The van der Waals surface area contributed by atoms with Gasteiger partial charge in [-0.05, 0) is 44.2 Å². The number of hydrogen-bond donors (Lipinski definition) is 0. The summed E-state index contributed by atoms with van der Waals surface area (Å²) >= 11 is 0. The molecule has 0 aromatic carbocycles. The molecule has 4 heterocycles. The molecule has 0 radical (unpaired) electrons. The predicted octanol–water partition coefficient (Wildman–Crippen LogP) is 1.85. The summed E-state index contributed by atoms with van der Waals surface area (Å²) in [5, 5.41) is 13.5.